The number of hydrogen-bond acceptors (Lipinski definition) is 4. The molecule has 12 heteroatoms. The van der Waals surface area contributed by atoms with E-state index in [1.54, 1.807) is 38.1 Å². The number of allylic oxidation sites excluding steroid dienone is 5. The van der Waals surface area contributed by atoms with Crippen molar-refractivity contribution in [2.45, 2.75) is 65.2 Å². The first kappa shape index (κ1) is 33.8. The van der Waals surface area contributed by atoms with Gasteiger partial charge in [-0.3, -0.25) is 5.01 Å². The van der Waals surface area contributed by atoms with Crippen molar-refractivity contribution < 1.29 is 36.2 Å². The van der Waals surface area contributed by atoms with E-state index in [2.05, 4.69) is 5.10 Å². The molecule has 230 valence electrons. The summed E-state index contributed by atoms with van der Waals surface area (Å²) in [6.45, 7) is 5.71. The second kappa shape index (κ2) is 12.9. The van der Waals surface area contributed by atoms with Crippen LogP contribution in [0.1, 0.15) is 39.7 Å². The molecule has 2 aliphatic rings. The number of alkyl halides is 6. The average molecular weight is 637 g/mol. The summed E-state index contributed by atoms with van der Waals surface area (Å²) in [4.78, 5) is 0. The van der Waals surface area contributed by atoms with Crippen molar-refractivity contribution in [3.63, 3.8) is 0 Å². The molecule has 0 aliphatic heterocycles. The lowest BCUT2D eigenvalue weighted by molar-refractivity contribution is -0.201. The fraction of sp³-hybridized carbons (Fsp3) is 0.433. The highest BCUT2D eigenvalue weighted by atomic mass is 35.5. The van der Waals surface area contributed by atoms with E-state index in [1.807, 2.05) is 0 Å². The van der Waals surface area contributed by atoms with Gasteiger partial charge in [-0.2, -0.15) is 31.4 Å². The van der Waals surface area contributed by atoms with E-state index >= 15 is 0 Å². The van der Waals surface area contributed by atoms with Gasteiger partial charge in [0.15, 0.2) is 5.71 Å². The maximum absolute atomic E-state index is 14.1. The summed E-state index contributed by atoms with van der Waals surface area (Å²) >= 11 is 11.9. The van der Waals surface area contributed by atoms with Crippen molar-refractivity contribution in [1.29, 1.82) is 0 Å². The Morgan fingerprint density at radius 2 is 1.76 bits per heavy atom. The normalized spacial score (nSPS) is 24.2. The van der Waals surface area contributed by atoms with Crippen molar-refractivity contribution in [3.05, 3.63) is 92.7 Å². The van der Waals surface area contributed by atoms with Crippen LogP contribution in [0.15, 0.2) is 87.3 Å². The van der Waals surface area contributed by atoms with E-state index in [0.717, 1.165) is 24.1 Å². The van der Waals surface area contributed by atoms with Gasteiger partial charge in [-0.05, 0) is 75.6 Å². The third-order valence-corrected chi connectivity index (χ3v) is 8.13. The molecule has 42 heavy (non-hydrogen) atoms. The van der Waals surface area contributed by atoms with Crippen molar-refractivity contribution >= 4 is 28.9 Å². The van der Waals surface area contributed by atoms with Gasteiger partial charge in [0, 0.05) is 34.6 Å². The summed E-state index contributed by atoms with van der Waals surface area (Å²) in [6, 6.07) is 6.39. The van der Waals surface area contributed by atoms with Gasteiger partial charge in [-0.15, -0.1) is 0 Å². The molecule has 0 fully saturated rings. The lowest BCUT2D eigenvalue weighted by Gasteiger charge is -2.38. The third-order valence-electron chi connectivity index (χ3n) is 7.33. The number of rotatable bonds is 8. The van der Waals surface area contributed by atoms with Crippen molar-refractivity contribution in [3.8, 4) is 0 Å². The molecule has 2 unspecified atom stereocenters. The minimum atomic E-state index is -4.79. The maximum atomic E-state index is 14.1. The van der Waals surface area contributed by atoms with Crippen LogP contribution in [0.5, 0.6) is 0 Å². The predicted molar refractivity (Wildman–Crippen MR) is 153 cm³/mol. The van der Waals surface area contributed by atoms with E-state index in [0.29, 0.717) is 10.6 Å². The Morgan fingerprint density at radius 1 is 1.14 bits per heavy atom. The van der Waals surface area contributed by atoms with Gasteiger partial charge in [0.25, 0.3) is 0 Å². The topological polar surface area (TPSA) is 45.1 Å². The zero-order valence-corrected chi connectivity index (χ0v) is 25.1. The van der Waals surface area contributed by atoms with Crippen LogP contribution in [-0.4, -0.2) is 47.4 Å². The zero-order chi connectivity index (χ0) is 31.6. The molecule has 0 amide bonds. The summed E-state index contributed by atoms with van der Waals surface area (Å²) in [5, 5.41) is 16.5. The zero-order valence-electron chi connectivity index (χ0n) is 23.6. The van der Waals surface area contributed by atoms with Crippen LogP contribution in [0, 0.1) is 11.3 Å². The van der Waals surface area contributed by atoms with Crippen LogP contribution in [0.4, 0.5) is 26.3 Å². The number of nitrogens with zero attached hydrogens (tertiary/aromatic N) is 2. The van der Waals surface area contributed by atoms with E-state index in [-0.39, 0.29) is 35.1 Å². The fourth-order valence-corrected chi connectivity index (χ4v) is 4.76. The highest BCUT2D eigenvalue weighted by molar-refractivity contribution is 6.30. The molecule has 2 aliphatic carbocycles. The first-order chi connectivity index (χ1) is 19.3. The van der Waals surface area contributed by atoms with Crippen molar-refractivity contribution in [2.75, 3.05) is 7.05 Å². The molecule has 0 saturated carbocycles. The van der Waals surface area contributed by atoms with E-state index < -0.39 is 47.0 Å². The lowest BCUT2D eigenvalue weighted by Crippen LogP contribution is -2.38. The van der Waals surface area contributed by atoms with Crippen LogP contribution >= 0.6 is 23.2 Å². The number of benzene rings is 1. The Labute approximate surface area is 251 Å². The van der Waals surface area contributed by atoms with Crippen molar-refractivity contribution in [2.24, 2.45) is 16.4 Å². The molecule has 4 nitrogen and oxygen atoms in total. The summed E-state index contributed by atoms with van der Waals surface area (Å²) in [5.41, 5.74) is -2.68. The second-order valence-corrected chi connectivity index (χ2v) is 11.6. The smallest absolute Gasteiger partial charge is 0.435 e. The van der Waals surface area contributed by atoms with Crippen LogP contribution in [-0.2, 0) is 11.3 Å². The molecule has 0 aromatic heterocycles. The summed E-state index contributed by atoms with van der Waals surface area (Å²) in [7, 11) is 1.41. The summed E-state index contributed by atoms with van der Waals surface area (Å²) in [6.07, 6.45) is -5.39. The molecule has 0 bridgehead atoms. The quantitative estimate of drug-likeness (QED) is 0.176. The van der Waals surface area contributed by atoms with Crippen LogP contribution in [0.3, 0.4) is 0 Å². The Kier molecular flexibility index (Phi) is 10.4. The number of hydrazone groups is 1. The molecule has 0 spiro atoms. The number of halogens is 8. The number of ether oxygens (including phenoxy) is 1. The van der Waals surface area contributed by atoms with Gasteiger partial charge in [0.2, 0.25) is 0 Å². The van der Waals surface area contributed by atoms with Gasteiger partial charge in [-0.25, -0.2) is 0 Å². The SMILES string of the molecule is C/C(=C\C(=N/N(C)C(C)C)C(F)(F)F)[C@H]1C=CC(OCc2ccc(Cl)cc2)=C(C2=CC=C(Cl)C(C)(C(F)(F)F)C2)C1O. The van der Waals surface area contributed by atoms with Gasteiger partial charge < -0.3 is 9.84 Å². The maximum Gasteiger partial charge on any atom is 0.435 e. The Bertz CT molecular complexity index is 1340. The fourth-order valence-electron chi connectivity index (χ4n) is 4.40. The molecule has 0 heterocycles. The van der Waals surface area contributed by atoms with Gasteiger partial charge >= 0.3 is 12.4 Å². The van der Waals surface area contributed by atoms with E-state index in [9.17, 15) is 31.4 Å². The Hall–Kier alpha value is -2.69. The first-order valence-corrected chi connectivity index (χ1v) is 13.8. The molecule has 0 radical (unpaired) electrons. The minimum absolute atomic E-state index is 0.000614. The van der Waals surface area contributed by atoms with Gasteiger partial charge in [0.1, 0.15) is 17.8 Å². The molecular weight excluding hydrogens is 605 g/mol. The average Bonchev–Trinajstić information content (AvgIpc) is 2.88. The number of aliphatic hydroxyl groups excluding tert-OH is 1. The standard InChI is InChI=1S/C30H32Cl2F6N2O2/c1-17(2)40(5)39-25(29(33,34)35)14-18(3)22-11-12-23(42-16-19-6-9-21(31)10-7-19)26(27(22)41)20-8-13-24(32)28(4,15-20)30(36,37)38/h6-14,17,22,27,41H,15-16H2,1-5H3/b18-14+,39-25+/t22-,27?,28?/m1/s1. The largest absolute Gasteiger partial charge is 0.489 e. The highest BCUT2D eigenvalue weighted by Gasteiger charge is 2.55. The van der Waals surface area contributed by atoms with Crippen molar-refractivity contribution in [1.82, 2.24) is 5.01 Å². The van der Waals surface area contributed by atoms with Gasteiger partial charge in [0.05, 0.1) is 6.10 Å². The lowest BCUT2D eigenvalue weighted by atomic mass is 9.73. The van der Waals surface area contributed by atoms with Crippen LogP contribution in [0.25, 0.3) is 0 Å². The Morgan fingerprint density at radius 3 is 2.31 bits per heavy atom. The molecule has 1 N–H and O–H groups in total. The number of hydrogen-bond donors (Lipinski definition) is 1. The molecule has 1 aromatic carbocycles. The molecule has 3 rings (SSSR count). The molecule has 1 aromatic rings. The summed E-state index contributed by atoms with van der Waals surface area (Å²) < 4.78 is 89.9. The summed E-state index contributed by atoms with van der Waals surface area (Å²) in [5.74, 6) is -0.924. The highest BCUT2D eigenvalue weighted by Crippen LogP contribution is 2.53. The molecular formula is C30H32Cl2F6N2O2. The first-order valence-electron chi connectivity index (χ1n) is 13.0. The Balaban J connectivity index is 2.07. The predicted octanol–water partition coefficient (Wildman–Crippen LogP) is 8.88. The second-order valence-electron chi connectivity index (χ2n) is 10.8. The third kappa shape index (κ3) is 7.63. The van der Waals surface area contributed by atoms with Crippen LogP contribution < -0.4 is 0 Å². The van der Waals surface area contributed by atoms with E-state index in [4.69, 9.17) is 27.9 Å². The van der Waals surface area contributed by atoms with E-state index in [1.165, 1.54) is 32.2 Å². The molecule has 3 atom stereocenters. The monoisotopic (exact) mass is 636 g/mol. The molecule has 0 saturated heterocycles. The van der Waals surface area contributed by atoms with Gasteiger partial charge in [-0.1, -0.05) is 53.1 Å². The van der Waals surface area contributed by atoms with Crippen LogP contribution in [0.2, 0.25) is 5.02 Å². The number of aliphatic hydroxyl groups is 1. The minimum Gasteiger partial charge on any atom is -0.489 e.